The van der Waals surface area contributed by atoms with Crippen LogP contribution in [0.5, 0.6) is 0 Å². The van der Waals surface area contributed by atoms with Crippen LogP contribution in [0.15, 0.2) is 0 Å². The van der Waals surface area contributed by atoms with Gasteiger partial charge >= 0.3 is 17.9 Å². The maximum atomic E-state index is 11.2. The summed E-state index contributed by atoms with van der Waals surface area (Å²) in [7, 11) is 0. The van der Waals surface area contributed by atoms with Gasteiger partial charge in [-0.2, -0.15) is 0 Å². The lowest BCUT2D eigenvalue weighted by molar-refractivity contribution is -0.325. The molecule has 0 amide bonds. The average Bonchev–Trinajstić information content (AvgIpc) is 2.69. The Kier molecular flexibility index (Phi) is 4.17. The van der Waals surface area contributed by atoms with Crippen molar-refractivity contribution in [1.82, 2.24) is 0 Å². The minimum Gasteiger partial charge on any atom is -0.454 e. The maximum Gasteiger partial charge on any atom is 0.303 e. The minimum atomic E-state index is -1.97. The number of aliphatic hydroxyl groups is 1. The van der Waals surface area contributed by atoms with Gasteiger partial charge < -0.3 is 28.8 Å². The Bertz CT molecular complexity index is 462. The maximum absolute atomic E-state index is 11.2. The van der Waals surface area contributed by atoms with Crippen LogP contribution in [0.25, 0.3) is 0 Å². The van der Waals surface area contributed by atoms with E-state index >= 15 is 0 Å². The molecule has 2 saturated heterocycles. The van der Waals surface area contributed by atoms with Crippen molar-refractivity contribution in [3.8, 4) is 0 Å². The summed E-state index contributed by atoms with van der Waals surface area (Å²) in [4.78, 5) is 33.6. The van der Waals surface area contributed by atoms with Crippen LogP contribution in [0.4, 0.5) is 0 Å². The first-order chi connectivity index (χ1) is 9.73. The first-order valence-electron chi connectivity index (χ1n) is 6.26. The van der Waals surface area contributed by atoms with Gasteiger partial charge in [0.15, 0.2) is 18.3 Å². The summed E-state index contributed by atoms with van der Waals surface area (Å²) in [5.74, 6) is -4.05. The van der Waals surface area contributed by atoms with E-state index in [9.17, 15) is 19.5 Å². The highest BCUT2D eigenvalue weighted by Gasteiger charge is 2.64. The lowest BCUT2D eigenvalue weighted by Crippen LogP contribution is -2.64. The minimum absolute atomic E-state index is 0.314. The lowest BCUT2D eigenvalue weighted by Gasteiger charge is -2.42. The van der Waals surface area contributed by atoms with Crippen molar-refractivity contribution in [2.75, 3.05) is 6.61 Å². The molecular weight excluding hydrogens is 288 g/mol. The summed E-state index contributed by atoms with van der Waals surface area (Å²) < 4.78 is 25.5. The number of rotatable bonds is 3. The van der Waals surface area contributed by atoms with E-state index in [4.69, 9.17) is 23.7 Å². The van der Waals surface area contributed by atoms with Crippen molar-refractivity contribution in [3.05, 3.63) is 0 Å². The predicted octanol–water partition coefficient (Wildman–Crippen LogP) is -1.14. The highest BCUT2D eigenvalue weighted by atomic mass is 16.8. The molecule has 21 heavy (non-hydrogen) atoms. The molecule has 0 aromatic rings. The van der Waals surface area contributed by atoms with Gasteiger partial charge in [0.05, 0.1) is 0 Å². The van der Waals surface area contributed by atoms with Crippen LogP contribution in [-0.2, 0) is 38.1 Å². The molecule has 2 bridgehead atoms. The first-order valence-corrected chi connectivity index (χ1v) is 6.26. The lowest BCUT2D eigenvalue weighted by atomic mass is 9.97. The van der Waals surface area contributed by atoms with E-state index in [1.165, 1.54) is 0 Å². The quantitative estimate of drug-likeness (QED) is 0.509. The molecule has 9 heteroatoms. The van der Waals surface area contributed by atoms with Gasteiger partial charge in [-0.3, -0.25) is 14.4 Å². The van der Waals surface area contributed by atoms with E-state index in [1.54, 1.807) is 0 Å². The molecule has 0 saturated carbocycles. The van der Waals surface area contributed by atoms with Crippen LogP contribution >= 0.6 is 0 Å². The molecule has 0 unspecified atom stereocenters. The van der Waals surface area contributed by atoms with Gasteiger partial charge in [-0.1, -0.05) is 0 Å². The Balaban J connectivity index is 2.33. The number of carbonyl (C=O) groups excluding carboxylic acids is 3. The standard InChI is InChI=1S/C12H16O9/c1-5(13)18-8-9(19-6(2)14)11-17-4-12(16,21-11)10(8)20-7(3)15/h8-11,16H,4H2,1-3H3/t8-,9-,10+,11+,12+/m1/s1. The number of hydrogen-bond acceptors (Lipinski definition) is 9. The van der Waals surface area contributed by atoms with E-state index < -0.39 is 48.3 Å². The monoisotopic (exact) mass is 304 g/mol. The summed E-state index contributed by atoms with van der Waals surface area (Å²) in [6.07, 6.45) is -4.88. The fourth-order valence-corrected chi connectivity index (χ4v) is 2.34. The molecule has 0 aliphatic carbocycles. The third kappa shape index (κ3) is 3.14. The summed E-state index contributed by atoms with van der Waals surface area (Å²) >= 11 is 0. The normalized spacial score (nSPS) is 37.7. The average molecular weight is 304 g/mol. The number of fused-ring (bicyclic) bond motifs is 2. The zero-order valence-electron chi connectivity index (χ0n) is 11.7. The van der Waals surface area contributed by atoms with Crippen LogP contribution in [0.3, 0.4) is 0 Å². The third-order valence-electron chi connectivity index (χ3n) is 3.01. The molecule has 2 aliphatic heterocycles. The molecule has 9 nitrogen and oxygen atoms in total. The van der Waals surface area contributed by atoms with Crippen molar-refractivity contribution in [1.29, 1.82) is 0 Å². The highest BCUT2D eigenvalue weighted by Crippen LogP contribution is 2.39. The number of esters is 3. The second-order valence-electron chi connectivity index (χ2n) is 4.82. The molecule has 5 atom stereocenters. The summed E-state index contributed by atoms with van der Waals surface area (Å²) in [5.41, 5.74) is 0. The molecule has 0 aromatic carbocycles. The third-order valence-corrected chi connectivity index (χ3v) is 3.01. The van der Waals surface area contributed by atoms with Crippen LogP contribution in [0, 0.1) is 0 Å². The molecular formula is C12H16O9. The van der Waals surface area contributed by atoms with Gasteiger partial charge in [0.25, 0.3) is 0 Å². The molecule has 2 rings (SSSR count). The molecule has 118 valence electrons. The summed E-state index contributed by atoms with van der Waals surface area (Å²) in [6.45, 7) is 3.10. The van der Waals surface area contributed by atoms with Crippen molar-refractivity contribution < 1.29 is 43.2 Å². The van der Waals surface area contributed by atoms with Gasteiger partial charge in [0, 0.05) is 20.8 Å². The number of hydrogen-bond donors (Lipinski definition) is 1. The SMILES string of the molecule is CC(=O)O[C@@H]1[C@@H](OC(C)=O)[C@H]2OC[C@](O)(O2)[C@H]1OC(C)=O. The molecule has 0 spiro atoms. The van der Waals surface area contributed by atoms with Crippen molar-refractivity contribution in [3.63, 3.8) is 0 Å². The highest BCUT2D eigenvalue weighted by molar-refractivity contribution is 5.68. The molecule has 0 radical (unpaired) electrons. The van der Waals surface area contributed by atoms with Gasteiger partial charge in [-0.05, 0) is 0 Å². The second kappa shape index (κ2) is 5.58. The fraction of sp³-hybridized carbons (Fsp3) is 0.750. The van der Waals surface area contributed by atoms with Gasteiger partial charge in [0.2, 0.25) is 12.1 Å². The van der Waals surface area contributed by atoms with Crippen LogP contribution < -0.4 is 0 Å². The smallest absolute Gasteiger partial charge is 0.303 e. The van der Waals surface area contributed by atoms with Gasteiger partial charge in [-0.15, -0.1) is 0 Å². The Hall–Kier alpha value is -1.71. The zero-order valence-corrected chi connectivity index (χ0v) is 11.7. The summed E-state index contributed by atoms with van der Waals surface area (Å²) in [5, 5.41) is 10.3. The fourth-order valence-electron chi connectivity index (χ4n) is 2.34. The van der Waals surface area contributed by atoms with E-state index in [1.807, 2.05) is 0 Å². The topological polar surface area (TPSA) is 118 Å². The van der Waals surface area contributed by atoms with E-state index in [-0.39, 0.29) is 6.61 Å². The molecule has 2 heterocycles. The zero-order chi connectivity index (χ0) is 15.8. The molecule has 2 fully saturated rings. The largest absolute Gasteiger partial charge is 0.454 e. The van der Waals surface area contributed by atoms with Crippen molar-refractivity contribution >= 4 is 17.9 Å². The molecule has 1 N–H and O–H groups in total. The van der Waals surface area contributed by atoms with Crippen LogP contribution in [0.2, 0.25) is 0 Å². The number of carbonyl (C=O) groups is 3. The van der Waals surface area contributed by atoms with Crippen LogP contribution in [0.1, 0.15) is 20.8 Å². The molecule has 2 aliphatic rings. The second-order valence-corrected chi connectivity index (χ2v) is 4.82. The Morgan fingerprint density at radius 2 is 1.52 bits per heavy atom. The van der Waals surface area contributed by atoms with E-state index in [0.29, 0.717) is 0 Å². The predicted molar refractivity (Wildman–Crippen MR) is 62.4 cm³/mol. The van der Waals surface area contributed by atoms with Crippen molar-refractivity contribution in [2.45, 2.75) is 51.2 Å². The summed E-state index contributed by atoms with van der Waals surface area (Å²) in [6, 6.07) is 0. The van der Waals surface area contributed by atoms with Crippen molar-refractivity contribution in [2.24, 2.45) is 0 Å². The number of ether oxygens (including phenoxy) is 5. The first kappa shape index (κ1) is 15.7. The Labute approximate surface area is 120 Å². The van der Waals surface area contributed by atoms with Gasteiger partial charge in [-0.25, -0.2) is 0 Å². The van der Waals surface area contributed by atoms with E-state index in [0.717, 1.165) is 20.8 Å². The van der Waals surface area contributed by atoms with Gasteiger partial charge in [0.1, 0.15) is 6.61 Å². The van der Waals surface area contributed by atoms with E-state index in [2.05, 4.69) is 0 Å². The Morgan fingerprint density at radius 1 is 1.00 bits per heavy atom. The molecule has 0 aromatic heterocycles. The van der Waals surface area contributed by atoms with Crippen LogP contribution in [-0.4, -0.2) is 60.0 Å². The Morgan fingerprint density at radius 3 is 2.05 bits per heavy atom.